The quantitative estimate of drug-likeness (QED) is 0.0321. The number of aliphatic hydroxyl groups is 2. The Kier molecular flexibility index (Phi) is 58.5. The molecule has 0 aliphatic heterocycles. The van der Waals surface area contributed by atoms with Gasteiger partial charge < -0.3 is 20.3 Å². The second kappa shape index (κ2) is 59.9. The number of rotatable bonds is 59. The average Bonchev–Trinajstić information content (AvgIpc) is 3.36. The van der Waals surface area contributed by atoms with Gasteiger partial charge >= 0.3 is 5.97 Å². The van der Waals surface area contributed by atoms with Crippen LogP contribution in [0, 0.1) is 0 Å². The lowest BCUT2D eigenvalue weighted by Crippen LogP contribution is -2.45. The summed E-state index contributed by atoms with van der Waals surface area (Å²) >= 11 is 0. The van der Waals surface area contributed by atoms with E-state index in [1.807, 2.05) is 0 Å². The summed E-state index contributed by atoms with van der Waals surface area (Å²) in [6, 6.07) is -0.542. The number of hydrogen-bond donors (Lipinski definition) is 3. The molecule has 3 N–H and O–H groups in total. The molecule has 6 heteroatoms. The first-order valence-corrected chi connectivity index (χ1v) is 31.6. The fourth-order valence-electron chi connectivity index (χ4n) is 9.87. The first kappa shape index (κ1) is 68.3. The second-order valence-corrected chi connectivity index (χ2v) is 21.7. The molecule has 0 aliphatic carbocycles. The number of carbonyl (C=O) groups excluding carboxylic acids is 2. The van der Waals surface area contributed by atoms with Crippen LogP contribution in [0.2, 0.25) is 0 Å². The van der Waals surface area contributed by atoms with Gasteiger partial charge in [-0.25, -0.2) is 0 Å². The molecule has 0 rings (SSSR count). The smallest absolute Gasteiger partial charge is 0.305 e. The number of esters is 1. The molecule has 1 amide bonds. The van der Waals surface area contributed by atoms with E-state index in [9.17, 15) is 19.8 Å². The predicted molar refractivity (Wildman–Crippen MR) is 306 cm³/mol. The summed E-state index contributed by atoms with van der Waals surface area (Å²) < 4.78 is 5.49. The second-order valence-electron chi connectivity index (χ2n) is 21.7. The van der Waals surface area contributed by atoms with Crippen molar-refractivity contribution in [2.75, 3.05) is 13.2 Å². The lowest BCUT2D eigenvalue weighted by Gasteiger charge is -2.22. The number of ether oxygens (including phenoxy) is 1. The molecule has 414 valence electrons. The Morgan fingerprint density at radius 3 is 1.01 bits per heavy atom. The predicted octanol–water partition coefficient (Wildman–Crippen LogP) is 19.8. The SMILES string of the molecule is CCCCCCCCC/C=C\CCCCCCCC(=O)OCCCCCCCCCCCCCC/C=C\CCCCCCCCCCCC(=O)NC(CO)C(O)CCCCCCCCCCCCCC. The summed E-state index contributed by atoms with van der Waals surface area (Å²) in [6.07, 6.45) is 73.4. The number of nitrogens with one attached hydrogen (secondary N) is 1. The lowest BCUT2D eigenvalue weighted by atomic mass is 10.0. The van der Waals surface area contributed by atoms with Crippen molar-refractivity contribution in [1.82, 2.24) is 5.32 Å². The van der Waals surface area contributed by atoms with Crippen molar-refractivity contribution in [1.29, 1.82) is 0 Å². The number of amides is 1. The van der Waals surface area contributed by atoms with Crippen molar-refractivity contribution in [3.8, 4) is 0 Å². The zero-order valence-corrected chi connectivity index (χ0v) is 47.3. The van der Waals surface area contributed by atoms with E-state index in [-0.39, 0.29) is 18.5 Å². The Bertz CT molecular complexity index is 1090. The van der Waals surface area contributed by atoms with Gasteiger partial charge in [0.05, 0.1) is 25.4 Å². The molecule has 0 heterocycles. The van der Waals surface area contributed by atoms with Gasteiger partial charge in [-0.3, -0.25) is 9.59 Å². The Morgan fingerprint density at radius 2 is 0.671 bits per heavy atom. The maximum Gasteiger partial charge on any atom is 0.305 e. The Labute approximate surface area is 437 Å². The van der Waals surface area contributed by atoms with Gasteiger partial charge in [0.15, 0.2) is 0 Å². The molecule has 0 radical (unpaired) electrons. The molecule has 0 saturated heterocycles. The van der Waals surface area contributed by atoms with Crippen LogP contribution in [0.3, 0.4) is 0 Å². The molecule has 0 aromatic carbocycles. The molecule has 6 nitrogen and oxygen atoms in total. The largest absolute Gasteiger partial charge is 0.466 e. The zero-order chi connectivity index (χ0) is 50.7. The summed E-state index contributed by atoms with van der Waals surface area (Å²) in [4.78, 5) is 24.5. The molecular formula is C64H123NO5. The molecule has 0 spiro atoms. The van der Waals surface area contributed by atoms with E-state index in [4.69, 9.17) is 4.74 Å². The van der Waals surface area contributed by atoms with Gasteiger partial charge in [-0.1, -0.05) is 282 Å². The molecular weight excluding hydrogens is 863 g/mol. The minimum Gasteiger partial charge on any atom is -0.466 e. The first-order chi connectivity index (χ1) is 34.5. The van der Waals surface area contributed by atoms with Crippen LogP contribution in [0.1, 0.15) is 348 Å². The summed E-state index contributed by atoms with van der Waals surface area (Å²) in [5, 5.41) is 23.2. The molecule has 0 saturated carbocycles. The van der Waals surface area contributed by atoms with E-state index in [0.29, 0.717) is 25.9 Å². The number of hydrogen-bond acceptors (Lipinski definition) is 5. The van der Waals surface area contributed by atoms with E-state index < -0.39 is 12.1 Å². The minimum atomic E-state index is -0.665. The molecule has 0 aromatic rings. The maximum absolute atomic E-state index is 12.5. The highest BCUT2D eigenvalue weighted by atomic mass is 16.5. The van der Waals surface area contributed by atoms with Gasteiger partial charge in [0.25, 0.3) is 0 Å². The number of aliphatic hydroxyl groups excluding tert-OH is 2. The molecule has 2 atom stereocenters. The van der Waals surface area contributed by atoms with Crippen molar-refractivity contribution in [2.24, 2.45) is 0 Å². The molecule has 0 aliphatic rings. The van der Waals surface area contributed by atoms with E-state index in [0.717, 1.165) is 44.9 Å². The highest BCUT2D eigenvalue weighted by Crippen LogP contribution is 2.17. The van der Waals surface area contributed by atoms with Crippen LogP contribution in [0.25, 0.3) is 0 Å². The van der Waals surface area contributed by atoms with Crippen molar-refractivity contribution >= 4 is 11.9 Å². The zero-order valence-electron chi connectivity index (χ0n) is 47.3. The van der Waals surface area contributed by atoms with Gasteiger partial charge in [0.2, 0.25) is 5.91 Å². The van der Waals surface area contributed by atoms with E-state index in [2.05, 4.69) is 43.5 Å². The number of unbranched alkanes of at least 4 members (excludes halogenated alkanes) is 44. The van der Waals surface area contributed by atoms with Crippen molar-refractivity contribution < 1.29 is 24.5 Å². The Hall–Kier alpha value is -1.66. The Morgan fingerprint density at radius 1 is 0.386 bits per heavy atom. The van der Waals surface area contributed by atoms with Gasteiger partial charge in [-0.15, -0.1) is 0 Å². The van der Waals surface area contributed by atoms with E-state index >= 15 is 0 Å². The lowest BCUT2D eigenvalue weighted by molar-refractivity contribution is -0.143. The average molecular weight is 987 g/mol. The molecule has 70 heavy (non-hydrogen) atoms. The number of carbonyl (C=O) groups is 2. The van der Waals surface area contributed by atoms with Crippen LogP contribution in [-0.4, -0.2) is 47.4 Å². The van der Waals surface area contributed by atoms with Gasteiger partial charge in [-0.05, 0) is 77.0 Å². The van der Waals surface area contributed by atoms with Gasteiger partial charge in [0, 0.05) is 12.8 Å². The van der Waals surface area contributed by atoms with E-state index in [1.54, 1.807) is 0 Å². The van der Waals surface area contributed by atoms with Crippen molar-refractivity contribution in [3.05, 3.63) is 24.3 Å². The highest BCUT2D eigenvalue weighted by Gasteiger charge is 2.20. The highest BCUT2D eigenvalue weighted by molar-refractivity contribution is 5.76. The van der Waals surface area contributed by atoms with Crippen LogP contribution in [0.15, 0.2) is 24.3 Å². The minimum absolute atomic E-state index is 0.00640. The topological polar surface area (TPSA) is 95.9 Å². The standard InChI is InChI=1S/C64H123NO5/c1-3-5-7-9-11-13-15-17-18-31-34-38-42-46-50-54-58-64(69)70-59-55-51-47-43-39-35-32-29-27-25-23-21-19-20-22-24-26-28-30-33-37-41-45-49-53-57-63(68)65-61(60-66)62(67)56-52-48-44-40-36-16-14-12-10-8-6-4-2/h18,20,22,31,61-62,66-67H,3-17,19,21,23-30,32-60H2,1-2H3,(H,65,68)/b22-20-,31-18-. The third kappa shape index (κ3) is 55.7. The van der Waals surface area contributed by atoms with Gasteiger partial charge in [0.1, 0.15) is 0 Å². The third-order valence-corrected chi connectivity index (χ3v) is 14.7. The van der Waals surface area contributed by atoms with Crippen molar-refractivity contribution in [3.63, 3.8) is 0 Å². The van der Waals surface area contributed by atoms with E-state index in [1.165, 1.54) is 270 Å². The Balaban J connectivity index is 3.38. The monoisotopic (exact) mass is 986 g/mol. The molecule has 0 aromatic heterocycles. The maximum atomic E-state index is 12.5. The molecule has 2 unspecified atom stereocenters. The van der Waals surface area contributed by atoms with Gasteiger partial charge in [-0.2, -0.15) is 0 Å². The van der Waals surface area contributed by atoms with Crippen LogP contribution in [-0.2, 0) is 14.3 Å². The van der Waals surface area contributed by atoms with Crippen LogP contribution >= 0.6 is 0 Å². The summed E-state index contributed by atoms with van der Waals surface area (Å²) in [5.74, 6) is -0.0311. The van der Waals surface area contributed by atoms with Crippen LogP contribution in [0.5, 0.6) is 0 Å². The fraction of sp³-hybridized carbons (Fsp3) is 0.906. The third-order valence-electron chi connectivity index (χ3n) is 14.7. The fourth-order valence-corrected chi connectivity index (χ4v) is 9.87. The van der Waals surface area contributed by atoms with Crippen molar-refractivity contribution in [2.45, 2.75) is 360 Å². The summed E-state index contributed by atoms with van der Waals surface area (Å²) in [5.41, 5.74) is 0. The van der Waals surface area contributed by atoms with Crippen LogP contribution < -0.4 is 5.32 Å². The summed E-state index contributed by atoms with van der Waals surface area (Å²) in [6.45, 7) is 4.96. The number of allylic oxidation sites excluding steroid dienone is 4. The first-order valence-electron chi connectivity index (χ1n) is 31.6. The molecule has 0 bridgehead atoms. The molecule has 0 fully saturated rings. The summed E-state index contributed by atoms with van der Waals surface area (Å²) in [7, 11) is 0. The normalized spacial score (nSPS) is 12.7. The van der Waals surface area contributed by atoms with Crippen LogP contribution in [0.4, 0.5) is 0 Å².